The largest absolute Gasteiger partial charge is 0.328 e. The summed E-state index contributed by atoms with van der Waals surface area (Å²) in [5.74, 6) is 0.480. The van der Waals surface area contributed by atoms with Crippen LogP contribution >= 0.6 is 0 Å². The second-order valence-corrected chi connectivity index (χ2v) is 4.95. The summed E-state index contributed by atoms with van der Waals surface area (Å²) in [6, 6.07) is 10.6. The van der Waals surface area contributed by atoms with Crippen LogP contribution in [0.2, 0.25) is 0 Å². The molecule has 5 heteroatoms. The Labute approximate surface area is 118 Å². The van der Waals surface area contributed by atoms with Gasteiger partial charge in [0.25, 0.3) is 0 Å². The Morgan fingerprint density at radius 1 is 1.10 bits per heavy atom. The first-order valence-corrected chi connectivity index (χ1v) is 6.61. The topological polar surface area (TPSA) is 41.0 Å². The first-order valence-electron chi connectivity index (χ1n) is 6.61. The number of hydrogen-bond acceptors (Lipinski definition) is 4. The van der Waals surface area contributed by atoms with E-state index < -0.39 is 0 Å². The lowest BCUT2D eigenvalue weighted by Crippen LogP contribution is -2.22. The van der Waals surface area contributed by atoms with Crippen molar-refractivity contribution in [3.05, 3.63) is 47.9 Å². The third-order valence-electron chi connectivity index (χ3n) is 2.95. The molecule has 1 aromatic heterocycles. The summed E-state index contributed by atoms with van der Waals surface area (Å²) < 4.78 is 12.9. The van der Waals surface area contributed by atoms with E-state index in [2.05, 4.69) is 29.4 Å². The summed E-state index contributed by atoms with van der Waals surface area (Å²) in [5, 5.41) is 11.7. The summed E-state index contributed by atoms with van der Waals surface area (Å²) in [7, 11) is 1.88. The van der Waals surface area contributed by atoms with Crippen LogP contribution in [0.15, 0.2) is 36.4 Å². The van der Waals surface area contributed by atoms with Gasteiger partial charge in [-0.25, -0.2) is 4.39 Å². The van der Waals surface area contributed by atoms with Gasteiger partial charge in [-0.1, -0.05) is 13.8 Å². The number of halogens is 1. The third-order valence-corrected chi connectivity index (χ3v) is 2.95. The van der Waals surface area contributed by atoms with Crippen molar-refractivity contribution < 1.29 is 4.39 Å². The maximum absolute atomic E-state index is 12.9. The zero-order valence-electron chi connectivity index (χ0n) is 12.0. The molecule has 2 aromatic rings. The molecule has 0 amide bonds. The molecule has 0 bridgehead atoms. The minimum atomic E-state index is -0.247. The second-order valence-electron chi connectivity index (χ2n) is 4.95. The fraction of sp³-hybridized carbons (Fsp3) is 0.333. The van der Waals surface area contributed by atoms with Crippen molar-refractivity contribution in [3.63, 3.8) is 0 Å². The van der Waals surface area contributed by atoms with Gasteiger partial charge in [0.15, 0.2) is 5.82 Å². The molecule has 106 valence electrons. The Bertz CT molecular complexity index is 537. The molecule has 0 unspecified atom stereocenters. The van der Waals surface area contributed by atoms with Crippen LogP contribution in [-0.2, 0) is 6.54 Å². The highest BCUT2D eigenvalue weighted by molar-refractivity contribution is 5.58. The fourth-order valence-corrected chi connectivity index (χ4v) is 1.73. The van der Waals surface area contributed by atoms with Crippen molar-refractivity contribution in [2.45, 2.75) is 26.4 Å². The fourth-order valence-electron chi connectivity index (χ4n) is 1.73. The Kier molecular flexibility index (Phi) is 4.63. The number of rotatable bonds is 5. The molecule has 0 radical (unpaired) electrons. The molecule has 0 saturated carbocycles. The molecule has 1 heterocycles. The zero-order valence-corrected chi connectivity index (χ0v) is 12.0. The molecule has 0 aliphatic carbocycles. The summed E-state index contributed by atoms with van der Waals surface area (Å²) in [6.45, 7) is 4.87. The van der Waals surface area contributed by atoms with E-state index in [0.29, 0.717) is 12.6 Å². The van der Waals surface area contributed by atoms with Crippen molar-refractivity contribution in [1.29, 1.82) is 0 Å². The zero-order chi connectivity index (χ0) is 14.5. The summed E-state index contributed by atoms with van der Waals surface area (Å²) in [4.78, 5) is 1.87. The first-order chi connectivity index (χ1) is 9.56. The Hall–Kier alpha value is -2.01. The maximum Gasteiger partial charge on any atom is 0.155 e. The standard InChI is InChI=1S/C15H19FN4/c1-11(2)17-10-13-6-9-15(19-18-13)20(3)14-7-4-12(16)5-8-14/h4-9,11,17H,10H2,1-3H3. The van der Waals surface area contributed by atoms with Crippen molar-refractivity contribution >= 4 is 11.5 Å². The van der Waals surface area contributed by atoms with E-state index >= 15 is 0 Å². The molecular formula is C15H19FN4. The molecule has 20 heavy (non-hydrogen) atoms. The predicted molar refractivity (Wildman–Crippen MR) is 78.5 cm³/mol. The van der Waals surface area contributed by atoms with Crippen LogP contribution in [-0.4, -0.2) is 23.3 Å². The van der Waals surface area contributed by atoms with E-state index in [1.165, 1.54) is 12.1 Å². The van der Waals surface area contributed by atoms with E-state index in [0.717, 1.165) is 17.2 Å². The number of nitrogens with zero attached hydrogens (tertiary/aromatic N) is 3. The highest BCUT2D eigenvalue weighted by Crippen LogP contribution is 2.20. The van der Waals surface area contributed by atoms with Gasteiger partial charge in [0.05, 0.1) is 5.69 Å². The Morgan fingerprint density at radius 2 is 1.80 bits per heavy atom. The normalized spacial score (nSPS) is 10.8. The first kappa shape index (κ1) is 14.4. The molecule has 0 aliphatic heterocycles. The molecule has 0 aliphatic rings. The molecule has 1 aromatic carbocycles. The van der Waals surface area contributed by atoms with Crippen LogP contribution in [0.3, 0.4) is 0 Å². The SMILES string of the molecule is CC(C)NCc1ccc(N(C)c2ccc(F)cc2)nn1. The van der Waals surface area contributed by atoms with E-state index in [-0.39, 0.29) is 5.82 Å². The monoisotopic (exact) mass is 274 g/mol. The summed E-state index contributed by atoms with van der Waals surface area (Å²) in [6.07, 6.45) is 0. The number of aromatic nitrogens is 2. The average molecular weight is 274 g/mol. The van der Waals surface area contributed by atoms with Gasteiger partial charge in [-0.05, 0) is 36.4 Å². The predicted octanol–water partition coefficient (Wildman–Crippen LogP) is 2.88. The molecule has 2 rings (SSSR count). The minimum absolute atomic E-state index is 0.247. The van der Waals surface area contributed by atoms with Gasteiger partial charge in [-0.3, -0.25) is 0 Å². The molecule has 0 saturated heterocycles. The average Bonchev–Trinajstić information content (AvgIpc) is 2.46. The Balaban J connectivity index is 2.07. The molecule has 1 N–H and O–H groups in total. The van der Waals surface area contributed by atoms with Gasteiger partial charge in [-0.15, -0.1) is 5.10 Å². The highest BCUT2D eigenvalue weighted by Gasteiger charge is 2.06. The second kappa shape index (κ2) is 6.43. The van der Waals surface area contributed by atoms with E-state index in [1.807, 2.05) is 24.1 Å². The lowest BCUT2D eigenvalue weighted by atomic mass is 10.3. The van der Waals surface area contributed by atoms with Gasteiger partial charge >= 0.3 is 0 Å². The number of nitrogens with one attached hydrogen (secondary N) is 1. The van der Waals surface area contributed by atoms with Crippen molar-refractivity contribution in [2.24, 2.45) is 0 Å². The van der Waals surface area contributed by atoms with Crippen LogP contribution in [0.5, 0.6) is 0 Å². The lowest BCUT2D eigenvalue weighted by Gasteiger charge is -2.17. The van der Waals surface area contributed by atoms with Crippen LogP contribution in [0, 0.1) is 5.82 Å². The number of hydrogen-bond donors (Lipinski definition) is 1. The third kappa shape index (κ3) is 3.74. The molecule has 0 fully saturated rings. The van der Waals surface area contributed by atoms with Crippen molar-refractivity contribution in [3.8, 4) is 0 Å². The van der Waals surface area contributed by atoms with Crippen LogP contribution in [0.1, 0.15) is 19.5 Å². The minimum Gasteiger partial charge on any atom is -0.328 e. The van der Waals surface area contributed by atoms with Gasteiger partial charge in [0, 0.05) is 25.3 Å². The highest BCUT2D eigenvalue weighted by atomic mass is 19.1. The van der Waals surface area contributed by atoms with Crippen molar-refractivity contribution in [2.75, 3.05) is 11.9 Å². The summed E-state index contributed by atoms with van der Waals surface area (Å²) in [5.41, 5.74) is 1.77. The van der Waals surface area contributed by atoms with E-state index in [4.69, 9.17) is 0 Å². The lowest BCUT2D eigenvalue weighted by molar-refractivity contribution is 0.577. The van der Waals surface area contributed by atoms with E-state index in [9.17, 15) is 4.39 Å². The number of anilines is 2. The molecule has 0 atom stereocenters. The molecule has 4 nitrogen and oxygen atoms in total. The van der Waals surface area contributed by atoms with Gasteiger partial charge in [-0.2, -0.15) is 5.10 Å². The van der Waals surface area contributed by atoms with Crippen LogP contribution in [0.4, 0.5) is 15.9 Å². The van der Waals surface area contributed by atoms with Crippen LogP contribution in [0.25, 0.3) is 0 Å². The van der Waals surface area contributed by atoms with Crippen molar-refractivity contribution in [1.82, 2.24) is 15.5 Å². The maximum atomic E-state index is 12.9. The van der Waals surface area contributed by atoms with Gasteiger partial charge < -0.3 is 10.2 Å². The van der Waals surface area contributed by atoms with E-state index in [1.54, 1.807) is 12.1 Å². The van der Waals surface area contributed by atoms with Gasteiger partial charge in [0.1, 0.15) is 5.82 Å². The smallest absolute Gasteiger partial charge is 0.155 e. The Morgan fingerprint density at radius 3 is 2.35 bits per heavy atom. The number of benzene rings is 1. The molecule has 0 spiro atoms. The quantitative estimate of drug-likeness (QED) is 0.910. The van der Waals surface area contributed by atoms with Gasteiger partial charge in [0.2, 0.25) is 0 Å². The summed E-state index contributed by atoms with van der Waals surface area (Å²) >= 11 is 0. The van der Waals surface area contributed by atoms with Crippen LogP contribution < -0.4 is 10.2 Å². The molecular weight excluding hydrogens is 255 g/mol.